The first kappa shape index (κ1) is 21.9. The first-order chi connectivity index (χ1) is 17.6. The highest BCUT2D eigenvalue weighted by Gasteiger charge is 2.25. The van der Waals surface area contributed by atoms with Crippen LogP contribution < -0.4 is 11.1 Å². The van der Waals surface area contributed by atoms with Crippen molar-refractivity contribution in [2.45, 2.75) is 25.1 Å². The standard InChI is InChI=1S/C27H23N7O2/c28-25-23-24(33-34(26(23)32-15-31-25)20-9-10-21(35)12-20)17-7-5-16(6-8-17)13-30-27(36)22-11-18-3-1-2-4-19(18)14-29-22/h1-11,14-15,20-21,35H,12-13H2,(H,30,36)(H2,28,31,32). The second-order valence-electron chi connectivity index (χ2n) is 8.80. The van der Waals surface area contributed by atoms with Crippen molar-refractivity contribution >= 4 is 33.5 Å². The molecule has 0 radical (unpaired) electrons. The summed E-state index contributed by atoms with van der Waals surface area (Å²) in [6.07, 6.45) is 6.85. The zero-order valence-corrected chi connectivity index (χ0v) is 19.2. The lowest BCUT2D eigenvalue weighted by Gasteiger charge is -2.10. The second kappa shape index (κ2) is 8.86. The third-order valence-electron chi connectivity index (χ3n) is 6.41. The second-order valence-corrected chi connectivity index (χ2v) is 8.80. The van der Waals surface area contributed by atoms with Gasteiger partial charge >= 0.3 is 0 Å². The van der Waals surface area contributed by atoms with E-state index >= 15 is 0 Å². The third-order valence-corrected chi connectivity index (χ3v) is 6.41. The Morgan fingerprint density at radius 1 is 1.06 bits per heavy atom. The van der Waals surface area contributed by atoms with Gasteiger partial charge in [-0.15, -0.1) is 0 Å². The number of nitrogens with two attached hydrogens (primary N) is 1. The number of aromatic nitrogens is 5. The molecule has 0 saturated heterocycles. The molecule has 178 valence electrons. The van der Waals surface area contributed by atoms with E-state index in [0.29, 0.717) is 41.2 Å². The third kappa shape index (κ3) is 3.95. The van der Waals surface area contributed by atoms with Crippen molar-refractivity contribution in [3.8, 4) is 11.3 Å². The normalized spacial score (nSPS) is 17.1. The summed E-state index contributed by atoms with van der Waals surface area (Å²) >= 11 is 0. The number of carbonyl (C=O) groups excluding carboxylic acids is 1. The van der Waals surface area contributed by atoms with Crippen LogP contribution in [0.5, 0.6) is 0 Å². The molecule has 0 aliphatic heterocycles. The minimum Gasteiger partial charge on any atom is -0.389 e. The van der Waals surface area contributed by atoms with E-state index in [9.17, 15) is 9.90 Å². The van der Waals surface area contributed by atoms with E-state index in [1.807, 2.05) is 54.6 Å². The van der Waals surface area contributed by atoms with Gasteiger partial charge in [0.2, 0.25) is 0 Å². The minimum atomic E-state index is -0.504. The Kier molecular flexibility index (Phi) is 5.38. The number of nitrogens with one attached hydrogen (secondary N) is 1. The van der Waals surface area contributed by atoms with Gasteiger partial charge in [-0.1, -0.05) is 60.7 Å². The van der Waals surface area contributed by atoms with Gasteiger partial charge in [0, 0.05) is 30.1 Å². The number of nitrogen functional groups attached to an aromatic ring is 1. The Morgan fingerprint density at radius 3 is 2.64 bits per heavy atom. The number of aliphatic hydroxyl groups excluding tert-OH is 1. The maximum Gasteiger partial charge on any atom is 0.270 e. The molecule has 1 amide bonds. The molecule has 1 aliphatic carbocycles. The largest absolute Gasteiger partial charge is 0.389 e. The maximum atomic E-state index is 12.6. The van der Waals surface area contributed by atoms with E-state index in [2.05, 4.69) is 20.3 Å². The molecule has 36 heavy (non-hydrogen) atoms. The summed E-state index contributed by atoms with van der Waals surface area (Å²) in [5.41, 5.74) is 9.68. The molecule has 9 nitrogen and oxygen atoms in total. The van der Waals surface area contributed by atoms with Crippen LogP contribution in [0.15, 0.2) is 79.3 Å². The van der Waals surface area contributed by atoms with Crippen molar-refractivity contribution in [2.24, 2.45) is 0 Å². The number of fused-ring (bicyclic) bond motifs is 2. The predicted molar refractivity (Wildman–Crippen MR) is 137 cm³/mol. The number of carbonyl (C=O) groups is 1. The molecule has 1 aliphatic rings. The Morgan fingerprint density at radius 2 is 1.86 bits per heavy atom. The number of aliphatic hydroxyl groups is 1. The molecule has 3 heterocycles. The van der Waals surface area contributed by atoms with Crippen LogP contribution in [0.1, 0.15) is 28.5 Å². The zero-order chi connectivity index (χ0) is 24.6. The van der Waals surface area contributed by atoms with Crippen molar-refractivity contribution < 1.29 is 9.90 Å². The Labute approximate surface area is 206 Å². The van der Waals surface area contributed by atoms with Crippen LogP contribution in [-0.4, -0.2) is 41.9 Å². The summed E-state index contributed by atoms with van der Waals surface area (Å²) < 4.78 is 1.79. The number of hydrogen-bond donors (Lipinski definition) is 3. The lowest BCUT2D eigenvalue weighted by Crippen LogP contribution is -2.23. The van der Waals surface area contributed by atoms with Gasteiger partial charge in [0.15, 0.2) is 5.65 Å². The molecule has 2 atom stereocenters. The average Bonchev–Trinajstić information content (AvgIpc) is 3.51. The molecule has 3 aromatic heterocycles. The van der Waals surface area contributed by atoms with Crippen LogP contribution in [-0.2, 0) is 6.54 Å². The maximum absolute atomic E-state index is 12.6. The Hall–Kier alpha value is -4.63. The molecular formula is C27H23N7O2. The Bertz CT molecular complexity index is 1630. The summed E-state index contributed by atoms with van der Waals surface area (Å²) in [6.45, 7) is 0.360. The molecule has 5 aromatic rings. The fraction of sp³-hybridized carbons (Fsp3) is 0.148. The SMILES string of the molecule is Nc1ncnc2c1c(-c1ccc(CNC(=O)c3cc4ccccc4cn3)cc1)nn2C1C=CC(O)C1. The van der Waals surface area contributed by atoms with Gasteiger partial charge in [-0.05, 0) is 17.0 Å². The lowest BCUT2D eigenvalue weighted by molar-refractivity contribution is 0.0946. The van der Waals surface area contributed by atoms with E-state index in [1.54, 1.807) is 23.0 Å². The topological polar surface area (TPSA) is 132 Å². The summed E-state index contributed by atoms with van der Waals surface area (Å²) in [5.74, 6) is 0.120. The van der Waals surface area contributed by atoms with Crippen molar-refractivity contribution in [1.29, 1.82) is 0 Å². The van der Waals surface area contributed by atoms with Gasteiger partial charge in [0.05, 0.1) is 17.5 Å². The summed E-state index contributed by atoms with van der Waals surface area (Å²) in [6, 6.07) is 17.2. The number of allylic oxidation sites excluding steroid dienone is 1. The number of rotatable bonds is 5. The lowest BCUT2D eigenvalue weighted by atomic mass is 10.1. The molecule has 0 saturated carbocycles. The molecule has 0 spiro atoms. The number of anilines is 1. The van der Waals surface area contributed by atoms with E-state index in [1.165, 1.54) is 6.33 Å². The van der Waals surface area contributed by atoms with Crippen LogP contribution in [0.2, 0.25) is 0 Å². The minimum absolute atomic E-state index is 0.108. The molecule has 9 heteroatoms. The number of pyridine rings is 1. The van der Waals surface area contributed by atoms with Gasteiger partial charge in [-0.25, -0.2) is 14.6 Å². The molecule has 2 aromatic carbocycles. The molecule has 6 rings (SSSR count). The van der Waals surface area contributed by atoms with Crippen LogP contribution in [0.25, 0.3) is 33.1 Å². The van der Waals surface area contributed by atoms with Crippen molar-refractivity contribution in [3.05, 3.63) is 90.5 Å². The zero-order valence-electron chi connectivity index (χ0n) is 19.2. The van der Waals surface area contributed by atoms with Gasteiger partial charge in [-0.3, -0.25) is 9.78 Å². The summed E-state index contributed by atoms with van der Waals surface area (Å²) in [7, 11) is 0. The first-order valence-corrected chi connectivity index (χ1v) is 11.6. The highest BCUT2D eigenvalue weighted by Crippen LogP contribution is 2.34. The van der Waals surface area contributed by atoms with E-state index in [4.69, 9.17) is 10.8 Å². The highest BCUT2D eigenvalue weighted by molar-refractivity contribution is 5.98. The van der Waals surface area contributed by atoms with Gasteiger partial charge in [0.25, 0.3) is 5.91 Å². The fourth-order valence-electron chi connectivity index (χ4n) is 4.53. The van der Waals surface area contributed by atoms with E-state index in [0.717, 1.165) is 21.9 Å². The van der Waals surface area contributed by atoms with Crippen LogP contribution in [0.3, 0.4) is 0 Å². The van der Waals surface area contributed by atoms with Crippen LogP contribution in [0.4, 0.5) is 5.82 Å². The van der Waals surface area contributed by atoms with Gasteiger partial charge < -0.3 is 16.2 Å². The summed E-state index contributed by atoms with van der Waals surface area (Å²) in [5, 5.41) is 20.3. The molecule has 0 bridgehead atoms. The Balaban J connectivity index is 1.23. The van der Waals surface area contributed by atoms with E-state index in [-0.39, 0.29) is 11.9 Å². The average molecular weight is 478 g/mol. The first-order valence-electron chi connectivity index (χ1n) is 11.6. The van der Waals surface area contributed by atoms with Crippen LogP contribution in [0, 0.1) is 0 Å². The molecular weight excluding hydrogens is 454 g/mol. The van der Waals surface area contributed by atoms with Gasteiger partial charge in [-0.2, -0.15) is 5.10 Å². The smallest absolute Gasteiger partial charge is 0.270 e. The molecule has 0 fully saturated rings. The molecule has 4 N–H and O–H groups in total. The monoisotopic (exact) mass is 477 g/mol. The number of amides is 1. The van der Waals surface area contributed by atoms with Crippen LogP contribution >= 0.6 is 0 Å². The summed E-state index contributed by atoms with van der Waals surface area (Å²) in [4.78, 5) is 25.5. The quantitative estimate of drug-likeness (QED) is 0.331. The van der Waals surface area contributed by atoms with Crippen molar-refractivity contribution in [2.75, 3.05) is 5.73 Å². The number of hydrogen-bond acceptors (Lipinski definition) is 7. The highest BCUT2D eigenvalue weighted by atomic mass is 16.3. The van der Waals surface area contributed by atoms with Gasteiger partial charge in [0.1, 0.15) is 23.5 Å². The predicted octanol–water partition coefficient (Wildman–Crippen LogP) is 3.42. The van der Waals surface area contributed by atoms with Crippen molar-refractivity contribution in [1.82, 2.24) is 30.0 Å². The number of benzene rings is 2. The van der Waals surface area contributed by atoms with E-state index < -0.39 is 6.10 Å². The molecule has 2 unspecified atom stereocenters. The van der Waals surface area contributed by atoms with Crippen molar-refractivity contribution in [3.63, 3.8) is 0 Å². The number of nitrogens with zero attached hydrogens (tertiary/aromatic N) is 5. The fourth-order valence-corrected chi connectivity index (χ4v) is 4.53.